The maximum absolute atomic E-state index is 6.51. The van der Waals surface area contributed by atoms with Crippen LogP contribution in [-0.4, -0.2) is 5.25 Å². The molecule has 2 aromatic carbocycles. The van der Waals surface area contributed by atoms with E-state index in [1.807, 2.05) is 11.8 Å². The molecule has 2 N–H and O–H groups in total. The third-order valence-electron chi connectivity index (χ3n) is 3.86. The van der Waals surface area contributed by atoms with Crippen LogP contribution in [0.3, 0.4) is 0 Å². The Labute approximate surface area is 119 Å². The first-order valence-electron chi connectivity index (χ1n) is 6.72. The summed E-state index contributed by atoms with van der Waals surface area (Å²) in [5.74, 6) is 0. The van der Waals surface area contributed by atoms with Crippen LogP contribution in [-0.2, 0) is 6.42 Å². The van der Waals surface area contributed by atoms with Crippen LogP contribution in [0.15, 0.2) is 47.4 Å². The van der Waals surface area contributed by atoms with Crippen LogP contribution in [0.25, 0.3) is 0 Å². The van der Waals surface area contributed by atoms with Gasteiger partial charge in [-0.25, -0.2) is 0 Å². The third-order valence-corrected chi connectivity index (χ3v) is 5.27. The number of rotatable bonds is 2. The Balaban J connectivity index is 1.85. The second-order valence-electron chi connectivity index (χ2n) is 5.35. The number of thioether (sulfide) groups is 1. The Morgan fingerprint density at radius 1 is 1.16 bits per heavy atom. The van der Waals surface area contributed by atoms with E-state index in [0.29, 0.717) is 5.25 Å². The van der Waals surface area contributed by atoms with Crippen molar-refractivity contribution in [2.75, 3.05) is 0 Å². The zero-order valence-electron chi connectivity index (χ0n) is 11.4. The molecule has 0 spiro atoms. The van der Waals surface area contributed by atoms with Gasteiger partial charge in [-0.05, 0) is 43.0 Å². The van der Waals surface area contributed by atoms with Crippen molar-refractivity contribution < 1.29 is 0 Å². The molecule has 3 rings (SSSR count). The molecular weight excluding hydrogens is 250 g/mol. The van der Waals surface area contributed by atoms with Gasteiger partial charge in [0.1, 0.15) is 0 Å². The van der Waals surface area contributed by atoms with Crippen LogP contribution >= 0.6 is 11.8 Å². The fourth-order valence-electron chi connectivity index (χ4n) is 2.81. The Hall–Kier alpha value is -1.25. The molecule has 2 heteroatoms. The molecule has 0 aromatic heterocycles. The molecule has 98 valence electrons. The Kier molecular flexibility index (Phi) is 3.38. The zero-order chi connectivity index (χ0) is 13.4. The van der Waals surface area contributed by atoms with Gasteiger partial charge in [0.2, 0.25) is 0 Å². The highest BCUT2D eigenvalue weighted by Gasteiger charge is 2.28. The molecule has 0 saturated heterocycles. The topological polar surface area (TPSA) is 26.0 Å². The Bertz CT molecular complexity index is 581. The molecule has 19 heavy (non-hydrogen) atoms. The highest BCUT2D eigenvalue weighted by atomic mass is 32.2. The van der Waals surface area contributed by atoms with Gasteiger partial charge in [-0.1, -0.05) is 42.0 Å². The van der Waals surface area contributed by atoms with E-state index in [9.17, 15) is 0 Å². The van der Waals surface area contributed by atoms with Crippen LogP contribution in [0, 0.1) is 13.8 Å². The van der Waals surface area contributed by atoms with Crippen molar-refractivity contribution in [3.8, 4) is 0 Å². The average Bonchev–Trinajstić information content (AvgIpc) is 2.81. The van der Waals surface area contributed by atoms with E-state index in [1.54, 1.807) is 0 Å². The minimum absolute atomic E-state index is 0.109. The molecule has 2 atom stereocenters. The summed E-state index contributed by atoms with van der Waals surface area (Å²) < 4.78 is 0. The summed E-state index contributed by atoms with van der Waals surface area (Å²) >= 11 is 1.93. The van der Waals surface area contributed by atoms with Crippen LogP contribution < -0.4 is 5.73 Å². The molecule has 0 radical (unpaired) electrons. The van der Waals surface area contributed by atoms with Gasteiger partial charge in [0.15, 0.2) is 0 Å². The van der Waals surface area contributed by atoms with Gasteiger partial charge in [0.25, 0.3) is 0 Å². The first kappa shape index (κ1) is 12.8. The summed E-state index contributed by atoms with van der Waals surface area (Å²) in [7, 11) is 0. The third kappa shape index (κ3) is 2.43. The molecule has 1 aliphatic rings. The minimum atomic E-state index is 0.109. The molecule has 1 heterocycles. The molecule has 0 fully saturated rings. The molecule has 0 amide bonds. The fraction of sp³-hybridized carbons (Fsp3) is 0.294. The highest BCUT2D eigenvalue weighted by molar-refractivity contribution is 8.00. The largest absolute Gasteiger partial charge is 0.323 e. The van der Waals surface area contributed by atoms with Gasteiger partial charge in [0, 0.05) is 16.2 Å². The predicted octanol–water partition coefficient (Wildman–Crippen LogP) is 4.02. The fourth-order valence-corrected chi connectivity index (χ4v) is 4.15. The van der Waals surface area contributed by atoms with Gasteiger partial charge < -0.3 is 5.73 Å². The average molecular weight is 269 g/mol. The monoisotopic (exact) mass is 269 g/mol. The first-order chi connectivity index (χ1) is 9.15. The smallest absolute Gasteiger partial charge is 0.0424 e. The van der Waals surface area contributed by atoms with Gasteiger partial charge >= 0.3 is 0 Å². The lowest BCUT2D eigenvalue weighted by molar-refractivity contribution is 0.674. The molecule has 0 saturated carbocycles. The van der Waals surface area contributed by atoms with Crippen molar-refractivity contribution in [3.63, 3.8) is 0 Å². The normalized spacial score (nSPS) is 19.2. The van der Waals surface area contributed by atoms with E-state index in [4.69, 9.17) is 5.73 Å². The number of fused-ring (bicyclic) bond motifs is 1. The van der Waals surface area contributed by atoms with Crippen molar-refractivity contribution in [1.82, 2.24) is 0 Å². The predicted molar refractivity (Wildman–Crippen MR) is 82.6 cm³/mol. The summed E-state index contributed by atoms with van der Waals surface area (Å²) in [6.07, 6.45) is 1.08. The van der Waals surface area contributed by atoms with E-state index in [2.05, 4.69) is 56.3 Å². The van der Waals surface area contributed by atoms with Gasteiger partial charge in [-0.3, -0.25) is 0 Å². The number of aryl methyl sites for hydroxylation is 2. The Morgan fingerprint density at radius 2 is 1.95 bits per heavy atom. The summed E-state index contributed by atoms with van der Waals surface area (Å²) in [4.78, 5) is 1.40. The van der Waals surface area contributed by atoms with Crippen LogP contribution in [0.5, 0.6) is 0 Å². The van der Waals surface area contributed by atoms with Gasteiger partial charge in [-0.15, -0.1) is 11.8 Å². The summed E-state index contributed by atoms with van der Waals surface area (Å²) in [5.41, 5.74) is 11.9. The summed E-state index contributed by atoms with van der Waals surface area (Å²) in [6, 6.07) is 15.3. The first-order valence-corrected chi connectivity index (χ1v) is 7.60. The zero-order valence-corrected chi connectivity index (χ0v) is 12.2. The van der Waals surface area contributed by atoms with Gasteiger partial charge in [-0.2, -0.15) is 0 Å². The minimum Gasteiger partial charge on any atom is -0.323 e. The second kappa shape index (κ2) is 5.03. The highest BCUT2D eigenvalue weighted by Crippen LogP contribution is 2.42. The SMILES string of the molecule is Cc1ccc(C(N)C2Cc3ccccc3S2)c(C)c1. The summed E-state index contributed by atoms with van der Waals surface area (Å²) in [5, 5.41) is 0.457. The lowest BCUT2D eigenvalue weighted by Crippen LogP contribution is -2.24. The molecule has 0 bridgehead atoms. The lowest BCUT2D eigenvalue weighted by atomic mass is 9.95. The van der Waals surface area contributed by atoms with E-state index >= 15 is 0 Å². The maximum atomic E-state index is 6.51. The lowest BCUT2D eigenvalue weighted by Gasteiger charge is -2.21. The van der Waals surface area contributed by atoms with Crippen molar-refractivity contribution in [2.45, 2.75) is 36.5 Å². The van der Waals surface area contributed by atoms with Crippen molar-refractivity contribution >= 4 is 11.8 Å². The maximum Gasteiger partial charge on any atom is 0.0424 e. The molecule has 2 unspecified atom stereocenters. The quantitative estimate of drug-likeness (QED) is 0.891. The van der Waals surface area contributed by atoms with E-state index in [1.165, 1.54) is 27.1 Å². The Morgan fingerprint density at radius 3 is 2.68 bits per heavy atom. The molecule has 0 aliphatic carbocycles. The summed E-state index contributed by atoms with van der Waals surface area (Å²) in [6.45, 7) is 4.29. The van der Waals surface area contributed by atoms with Crippen molar-refractivity contribution in [1.29, 1.82) is 0 Å². The molecule has 2 aromatic rings. The van der Waals surface area contributed by atoms with E-state index in [0.717, 1.165) is 6.42 Å². The molecule has 1 nitrogen and oxygen atoms in total. The number of benzene rings is 2. The van der Waals surface area contributed by atoms with E-state index in [-0.39, 0.29) is 6.04 Å². The van der Waals surface area contributed by atoms with Crippen molar-refractivity contribution in [3.05, 3.63) is 64.7 Å². The van der Waals surface area contributed by atoms with Crippen LogP contribution in [0.4, 0.5) is 0 Å². The van der Waals surface area contributed by atoms with Crippen LogP contribution in [0.2, 0.25) is 0 Å². The van der Waals surface area contributed by atoms with Crippen molar-refractivity contribution in [2.24, 2.45) is 5.73 Å². The van der Waals surface area contributed by atoms with Gasteiger partial charge in [0.05, 0.1) is 0 Å². The van der Waals surface area contributed by atoms with Crippen LogP contribution in [0.1, 0.15) is 28.3 Å². The number of hydrogen-bond donors (Lipinski definition) is 1. The standard InChI is InChI=1S/C17H19NS/c1-11-7-8-14(12(2)9-11)17(18)16-10-13-5-3-4-6-15(13)19-16/h3-9,16-17H,10,18H2,1-2H3. The number of nitrogens with two attached hydrogens (primary N) is 1. The number of hydrogen-bond acceptors (Lipinski definition) is 2. The van der Waals surface area contributed by atoms with E-state index < -0.39 is 0 Å². The molecule has 1 aliphatic heterocycles. The molecular formula is C17H19NS. The second-order valence-corrected chi connectivity index (χ2v) is 6.64.